The molecule has 1 heterocycles. The number of carbonyl (C=O) groups is 2. The number of hydrogen-bond acceptors (Lipinski definition) is 3. The van der Waals surface area contributed by atoms with Gasteiger partial charge in [0, 0.05) is 38.8 Å². The Labute approximate surface area is 142 Å². The van der Waals surface area contributed by atoms with Gasteiger partial charge < -0.3 is 15.3 Å². The summed E-state index contributed by atoms with van der Waals surface area (Å²) in [6.07, 6.45) is 2.58. The van der Waals surface area contributed by atoms with E-state index in [2.05, 4.69) is 17.1 Å². The van der Waals surface area contributed by atoms with Crippen molar-refractivity contribution in [3.05, 3.63) is 35.4 Å². The van der Waals surface area contributed by atoms with E-state index in [4.69, 9.17) is 5.11 Å². The molecule has 2 aliphatic rings. The van der Waals surface area contributed by atoms with Gasteiger partial charge in [-0.15, -0.1) is 0 Å². The number of nitrogens with zero attached hydrogens (tertiary/aromatic N) is 2. The molecule has 0 aromatic heterocycles. The molecule has 0 spiro atoms. The number of rotatable bonds is 4. The van der Waals surface area contributed by atoms with Gasteiger partial charge in [-0.2, -0.15) is 0 Å². The fourth-order valence-electron chi connectivity index (χ4n) is 3.33. The summed E-state index contributed by atoms with van der Waals surface area (Å²) >= 11 is 0. The van der Waals surface area contributed by atoms with Crippen LogP contribution in [-0.2, 0) is 6.54 Å². The molecule has 1 atom stereocenters. The highest BCUT2D eigenvalue weighted by Crippen LogP contribution is 2.28. The molecule has 1 unspecified atom stereocenters. The lowest BCUT2D eigenvalue weighted by Crippen LogP contribution is -2.42. The minimum Gasteiger partial charge on any atom is -0.478 e. The fourth-order valence-corrected chi connectivity index (χ4v) is 3.33. The van der Waals surface area contributed by atoms with E-state index in [9.17, 15) is 9.59 Å². The Morgan fingerprint density at radius 2 is 2.04 bits per heavy atom. The average molecular weight is 331 g/mol. The van der Waals surface area contributed by atoms with Gasteiger partial charge in [-0.05, 0) is 36.5 Å². The zero-order chi connectivity index (χ0) is 17.1. The van der Waals surface area contributed by atoms with Crippen molar-refractivity contribution in [2.45, 2.75) is 32.4 Å². The highest BCUT2D eigenvalue weighted by atomic mass is 16.4. The van der Waals surface area contributed by atoms with Gasteiger partial charge in [-0.1, -0.05) is 19.1 Å². The van der Waals surface area contributed by atoms with Crippen molar-refractivity contribution in [2.75, 3.05) is 26.2 Å². The third-order valence-electron chi connectivity index (χ3n) is 4.70. The van der Waals surface area contributed by atoms with Crippen LogP contribution >= 0.6 is 0 Å². The van der Waals surface area contributed by atoms with Crippen molar-refractivity contribution < 1.29 is 14.7 Å². The van der Waals surface area contributed by atoms with Gasteiger partial charge in [0.05, 0.1) is 5.56 Å². The number of aromatic carboxylic acids is 1. The van der Waals surface area contributed by atoms with Gasteiger partial charge in [0.1, 0.15) is 0 Å². The fraction of sp³-hybridized carbons (Fsp3) is 0.556. The zero-order valence-electron chi connectivity index (χ0n) is 14.1. The number of carboxylic acid groups (broad SMARTS) is 1. The Morgan fingerprint density at radius 3 is 2.75 bits per heavy atom. The van der Waals surface area contributed by atoms with E-state index in [0.29, 0.717) is 12.5 Å². The maximum atomic E-state index is 12.5. The Morgan fingerprint density at radius 1 is 1.25 bits per heavy atom. The molecule has 1 saturated heterocycles. The summed E-state index contributed by atoms with van der Waals surface area (Å²) in [6.45, 7) is 6.06. The van der Waals surface area contributed by atoms with E-state index in [1.54, 1.807) is 18.2 Å². The van der Waals surface area contributed by atoms with Gasteiger partial charge in [0.2, 0.25) is 0 Å². The maximum Gasteiger partial charge on any atom is 0.335 e. The van der Waals surface area contributed by atoms with Gasteiger partial charge in [0.25, 0.3) is 0 Å². The van der Waals surface area contributed by atoms with Crippen LogP contribution in [0, 0.1) is 5.92 Å². The first-order valence-corrected chi connectivity index (χ1v) is 8.62. The summed E-state index contributed by atoms with van der Waals surface area (Å²) in [5.41, 5.74) is 1.04. The van der Waals surface area contributed by atoms with Crippen LogP contribution < -0.4 is 5.32 Å². The first kappa shape index (κ1) is 16.8. The molecular weight excluding hydrogens is 306 g/mol. The first-order chi connectivity index (χ1) is 11.5. The third kappa shape index (κ3) is 4.26. The summed E-state index contributed by atoms with van der Waals surface area (Å²) in [5, 5.41) is 11.9. The van der Waals surface area contributed by atoms with Crippen molar-refractivity contribution in [3.8, 4) is 0 Å². The molecule has 24 heavy (non-hydrogen) atoms. The molecule has 130 valence electrons. The molecule has 1 saturated carbocycles. The van der Waals surface area contributed by atoms with Gasteiger partial charge in [0.15, 0.2) is 0 Å². The largest absolute Gasteiger partial charge is 0.478 e. The summed E-state index contributed by atoms with van der Waals surface area (Å²) in [6, 6.07) is 7.34. The van der Waals surface area contributed by atoms with E-state index in [-0.39, 0.29) is 11.6 Å². The number of urea groups is 1. The lowest BCUT2D eigenvalue weighted by molar-refractivity contribution is 0.0696. The van der Waals surface area contributed by atoms with Gasteiger partial charge in [-0.25, -0.2) is 9.59 Å². The molecule has 2 fully saturated rings. The van der Waals surface area contributed by atoms with Crippen molar-refractivity contribution in [1.82, 2.24) is 15.1 Å². The highest BCUT2D eigenvalue weighted by molar-refractivity contribution is 5.87. The van der Waals surface area contributed by atoms with Crippen LogP contribution in [0.15, 0.2) is 24.3 Å². The van der Waals surface area contributed by atoms with Crippen molar-refractivity contribution in [3.63, 3.8) is 0 Å². The topological polar surface area (TPSA) is 72.9 Å². The molecule has 2 N–H and O–H groups in total. The van der Waals surface area contributed by atoms with Crippen molar-refractivity contribution >= 4 is 12.0 Å². The van der Waals surface area contributed by atoms with E-state index < -0.39 is 5.97 Å². The second-order valence-corrected chi connectivity index (χ2v) is 6.94. The van der Waals surface area contributed by atoms with Crippen LogP contribution in [0.1, 0.15) is 35.7 Å². The number of nitrogens with one attached hydrogen (secondary N) is 1. The Bertz CT molecular complexity index is 615. The Hall–Kier alpha value is -2.08. The summed E-state index contributed by atoms with van der Waals surface area (Å²) < 4.78 is 0. The highest BCUT2D eigenvalue weighted by Gasteiger charge is 2.32. The molecular formula is C18H25N3O3. The van der Waals surface area contributed by atoms with E-state index >= 15 is 0 Å². The summed E-state index contributed by atoms with van der Waals surface area (Å²) in [4.78, 5) is 27.9. The molecule has 1 aromatic rings. The van der Waals surface area contributed by atoms with Crippen LogP contribution in [0.2, 0.25) is 0 Å². The molecule has 0 bridgehead atoms. The Kier molecular flexibility index (Phi) is 5.04. The molecule has 0 radical (unpaired) electrons. The molecule has 6 nitrogen and oxygen atoms in total. The zero-order valence-corrected chi connectivity index (χ0v) is 14.1. The standard InChI is InChI=1S/C18H25N3O3/c1-13-11-20(16-5-6-16)7-8-21(12-13)18(24)19-10-14-3-2-4-15(9-14)17(22)23/h2-4,9,13,16H,5-8,10-12H2,1H3,(H,19,24)(H,22,23). The van der Waals surface area contributed by atoms with Gasteiger partial charge >= 0.3 is 12.0 Å². The smallest absolute Gasteiger partial charge is 0.335 e. The number of carboxylic acids is 1. The van der Waals surface area contributed by atoms with Crippen LogP contribution in [0.4, 0.5) is 4.79 Å². The Balaban J connectivity index is 1.54. The SMILES string of the molecule is CC1CN(C(=O)NCc2cccc(C(=O)O)c2)CCN(C2CC2)C1. The predicted octanol–water partition coefficient (Wildman–Crippen LogP) is 2.01. The maximum absolute atomic E-state index is 12.5. The van der Waals surface area contributed by atoms with Crippen LogP contribution in [0.3, 0.4) is 0 Å². The molecule has 1 aliphatic heterocycles. The number of amides is 2. The van der Waals surface area contributed by atoms with E-state index in [0.717, 1.165) is 37.8 Å². The number of hydrogen-bond donors (Lipinski definition) is 2. The van der Waals surface area contributed by atoms with Crippen molar-refractivity contribution in [1.29, 1.82) is 0 Å². The quantitative estimate of drug-likeness (QED) is 0.885. The van der Waals surface area contributed by atoms with E-state index in [1.807, 2.05) is 11.0 Å². The minimum atomic E-state index is -0.954. The molecule has 6 heteroatoms. The lowest BCUT2D eigenvalue weighted by Gasteiger charge is -2.22. The second kappa shape index (κ2) is 7.21. The van der Waals surface area contributed by atoms with Crippen LogP contribution in [0.25, 0.3) is 0 Å². The normalized spacial score (nSPS) is 22.0. The van der Waals surface area contributed by atoms with E-state index in [1.165, 1.54) is 12.8 Å². The second-order valence-electron chi connectivity index (χ2n) is 6.94. The predicted molar refractivity (Wildman–Crippen MR) is 91.0 cm³/mol. The van der Waals surface area contributed by atoms with Gasteiger partial charge in [-0.3, -0.25) is 4.90 Å². The average Bonchev–Trinajstić information content (AvgIpc) is 3.40. The number of carbonyl (C=O) groups excluding carboxylic acids is 1. The van der Waals surface area contributed by atoms with Crippen molar-refractivity contribution in [2.24, 2.45) is 5.92 Å². The molecule has 2 amide bonds. The molecule has 1 aliphatic carbocycles. The summed E-state index contributed by atoms with van der Waals surface area (Å²) in [7, 11) is 0. The minimum absolute atomic E-state index is 0.0692. The number of benzene rings is 1. The van der Waals surface area contributed by atoms with Crippen LogP contribution in [-0.4, -0.2) is 59.1 Å². The lowest BCUT2D eigenvalue weighted by atomic mass is 10.1. The molecule has 1 aromatic carbocycles. The third-order valence-corrected chi connectivity index (χ3v) is 4.70. The summed E-state index contributed by atoms with van der Waals surface area (Å²) in [5.74, 6) is -0.487. The van der Waals surface area contributed by atoms with Crippen LogP contribution in [0.5, 0.6) is 0 Å². The molecule has 3 rings (SSSR count). The monoisotopic (exact) mass is 331 g/mol. The first-order valence-electron chi connectivity index (χ1n) is 8.62.